The van der Waals surface area contributed by atoms with Crippen LogP contribution in [0.5, 0.6) is 5.75 Å². The van der Waals surface area contributed by atoms with E-state index in [4.69, 9.17) is 37.4 Å². The lowest BCUT2D eigenvalue weighted by Crippen LogP contribution is -2.37. The molecule has 1 N–H and O–H groups in total. The number of hydrogen-bond donors (Lipinski definition) is 1. The summed E-state index contributed by atoms with van der Waals surface area (Å²) in [7, 11) is 0. The summed E-state index contributed by atoms with van der Waals surface area (Å²) in [5.41, 5.74) is 3.43. The molecule has 0 aromatic heterocycles. The van der Waals surface area contributed by atoms with E-state index in [0.29, 0.717) is 34.7 Å². The van der Waals surface area contributed by atoms with Gasteiger partial charge in [0.2, 0.25) is 0 Å². The lowest BCUT2D eigenvalue weighted by Gasteiger charge is -2.21. The first-order valence-electron chi connectivity index (χ1n) is 7.38. The average molecular weight is 384 g/mol. The quantitative estimate of drug-likeness (QED) is 0.788. The predicted molar refractivity (Wildman–Crippen MR) is 85.4 cm³/mol. The van der Waals surface area contributed by atoms with Crippen LogP contribution in [0.4, 0.5) is 14.5 Å². The molecule has 2 fully saturated rings. The van der Waals surface area contributed by atoms with E-state index in [-0.39, 0.29) is 13.3 Å². The van der Waals surface area contributed by atoms with Crippen LogP contribution in [0.1, 0.15) is 6.92 Å². The summed E-state index contributed by atoms with van der Waals surface area (Å²) in [6.45, 7) is 0.264. The monoisotopic (exact) mass is 383 g/mol. The number of hydrogen-bond acceptors (Lipinski definition) is 6. The number of halogens is 4. The Bertz CT molecular complexity index is 591. The third-order valence-corrected chi connectivity index (χ3v) is 4.35. The highest BCUT2D eigenvalue weighted by Crippen LogP contribution is 2.37. The number of nitrogens with zero attached hydrogens (tertiary/aromatic N) is 2. The van der Waals surface area contributed by atoms with Crippen molar-refractivity contribution < 1.29 is 23.0 Å². The molecule has 1 aromatic rings. The third kappa shape index (κ3) is 3.84. The Kier molecular flexibility index (Phi) is 5.63. The zero-order valence-electron chi connectivity index (χ0n) is 12.8. The highest BCUT2D eigenvalue weighted by molar-refractivity contribution is 6.37. The van der Waals surface area contributed by atoms with Gasteiger partial charge in [-0.3, -0.25) is 5.01 Å². The van der Waals surface area contributed by atoms with Gasteiger partial charge in [0.15, 0.2) is 6.29 Å². The van der Waals surface area contributed by atoms with Gasteiger partial charge in [-0.1, -0.05) is 23.2 Å². The molecule has 2 saturated heterocycles. The summed E-state index contributed by atoms with van der Waals surface area (Å²) in [5.74, 6) is 0.375. The minimum Gasteiger partial charge on any atom is -0.487 e. The van der Waals surface area contributed by atoms with Gasteiger partial charge in [-0.15, -0.1) is 0 Å². The Labute approximate surface area is 148 Å². The summed E-state index contributed by atoms with van der Waals surface area (Å²) in [6.07, 6.45) is -0.971. The van der Waals surface area contributed by atoms with Crippen LogP contribution in [0.2, 0.25) is 10.0 Å². The van der Waals surface area contributed by atoms with Gasteiger partial charge in [0.25, 0.3) is 6.55 Å². The fourth-order valence-corrected chi connectivity index (χ4v) is 3.04. The number of rotatable bonds is 5. The van der Waals surface area contributed by atoms with Gasteiger partial charge in [0.1, 0.15) is 12.4 Å². The van der Waals surface area contributed by atoms with Gasteiger partial charge in [0.05, 0.1) is 41.8 Å². The highest BCUT2D eigenvalue weighted by atomic mass is 35.5. The second-order valence-corrected chi connectivity index (χ2v) is 6.20. The summed E-state index contributed by atoms with van der Waals surface area (Å²) in [4.78, 5) is 0.992. The fourth-order valence-electron chi connectivity index (χ4n) is 2.50. The molecule has 0 spiro atoms. The SMILES string of the molecule is CC1NN(c2cc(OCC3OCCO3)c(Cl)cc2Cl)CN1C(F)F. The van der Waals surface area contributed by atoms with Crippen molar-refractivity contribution in [2.75, 3.05) is 31.5 Å². The Hall–Kier alpha value is -0.900. The first kappa shape index (κ1) is 17.9. The maximum Gasteiger partial charge on any atom is 0.297 e. The van der Waals surface area contributed by atoms with E-state index >= 15 is 0 Å². The normalized spacial score (nSPS) is 22.8. The van der Waals surface area contributed by atoms with Crippen molar-refractivity contribution in [2.24, 2.45) is 0 Å². The summed E-state index contributed by atoms with van der Waals surface area (Å²) in [5, 5.41) is 2.18. The minimum absolute atomic E-state index is 0.0194. The smallest absolute Gasteiger partial charge is 0.297 e. The van der Waals surface area contributed by atoms with Crippen molar-refractivity contribution in [1.29, 1.82) is 0 Å². The first-order valence-corrected chi connectivity index (χ1v) is 8.14. The molecule has 6 nitrogen and oxygen atoms in total. The number of benzene rings is 1. The molecule has 2 heterocycles. The molecule has 0 bridgehead atoms. The Morgan fingerprint density at radius 2 is 2.00 bits per heavy atom. The number of hydrazine groups is 1. The minimum atomic E-state index is -2.57. The zero-order chi connectivity index (χ0) is 17.3. The van der Waals surface area contributed by atoms with E-state index in [2.05, 4.69) is 5.43 Å². The third-order valence-electron chi connectivity index (χ3n) is 3.75. The number of ether oxygens (including phenoxy) is 3. The van der Waals surface area contributed by atoms with Gasteiger partial charge in [0, 0.05) is 6.07 Å². The second-order valence-electron chi connectivity index (χ2n) is 5.38. The van der Waals surface area contributed by atoms with Gasteiger partial charge in [-0.05, 0) is 13.0 Å². The average Bonchev–Trinajstić information content (AvgIpc) is 3.15. The Balaban J connectivity index is 1.74. The summed E-state index contributed by atoms with van der Waals surface area (Å²) >= 11 is 12.3. The molecular weight excluding hydrogens is 367 g/mol. The van der Waals surface area contributed by atoms with Gasteiger partial charge < -0.3 is 14.2 Å². The van der Waals surface area contributed by atoms with Gasteiger partial charge in [-0.25, -0.2) is 10.3 Å². The van der Waals surface area contributed by atoms with Crippen LogP contribution in [-0.4, -0.2) is 50.4 Å². The maximum absolute atomic E-state index is 13.0. The lowest BCUT2D eigenvalue weighted by molar-refractivity contribution is -0.0683. The van der Waals surface area contributed by atoms with Crippen LogP contribution in [-0.2, 0) is 9.47 Å². The van der Waals surface area contributed by atoms with Gasteiger partial charge >= 0.3 is 0 Å². The fraction of sp³-hybridized carbons (Fsp3) is 0.571. The molecule has 1 aromatic carbocycles. The van der Waals surface area contributed by atoms with Crippen molar-refractivity contribution in [3.63, 3.8) is 0 Å². The van der Waals surface area contributed by atoms with Crippen molar-refractivity contribution in [1.82, 2.24) is 10.3 Å². The number of anilines is 1. The maximum atomic E-state index is 13.0. The molecule has 0 aliphatic carbocycles. The van der Waals surface area contributed by atoms with Crippen LogP contribution in [0.25, 0.3) is 0 Å². The summed E-state index contributed by atoms with van der Waals surface area (Å²) < 4.78 is 42.1. The molecule has 1 unspecified atom stereocenters. The molecule has 10 heteroatoms. The van der Waals surface area contributed by atoms with Crippen molar-refractivity contribution in [3.05, 3.63) is 22.2 Å². The van der Waals surface area contributed by atoms with E-state index in [1.807, 2.05) is 0 Å². The molecule has 2 aliphatic heterocycles. The largest absolute Gasteiger partial charge is 0.487 e. The predicted octanol–water partition coefficient (Wildman–Crippen LogP) is 2.90. The van der Waals surface area contributed by atoms with Crippen LogP contribution >= 0.6 is 23.2 Å². The van der Waals surface area contributed by atoms with Crippen LogP contribution in [0.15, 0.2) is 12.1 Å². The van der Waals surface area contributed by atoms with E-state index < -0.39 is 19.0 Å². The van der Waals surface area contributed by atoms with Crippen molar-refractivity contribution in [2.45, 2.75) is 25.9 Å². The molecule has 0 radical (unpaired) electrons. The van der Waals surface area contributed by atoms with Gasteiger partial charge in [-0.2, -0.15) is 8.78 Å². The number of nitrogens with one attached hydrogen (secondary N) is 1. The van der Waals surface area contributed by atoms with Crippen LogP contribution in [0.3, 0.4) is 0 Å². The van der Waals surface area contributed by atoms with Crippen LogP contribution in [0, 0.1) is 0 Å². The lowest BCUT2D eigenvalue weighted by atomic mass is 10.3. The number of alkyl halides is 2. The molecule has 134 valence electrons. The zero-order valence-corrected chi connectivity index (χ0v) is 14.4. The Morgan fingerprint density at radius 3 is 2.62 bits per heavy atom. The standard InChI is InChI=1S/C14H17Cl2F2N3O3/c1-8-19-21(7-20(8)14(17)18)11-5-12(10(16)4-9(11)15)24-6-13-22-2-3-23-13/h4-5,8,13-14,19H,2-3,6-7H2,1H3. The summed E-state index contributed by atoms with van der Waals surface area (Å²) in [6, 6.07) is 3.12. The molecule has 2 aliphatic rings. The molecule has 24 heavy (non-hydrogen) atoms. The molecule has 0 amide bonds. The molecular formula is C14H17Cl2F2N3O3. The van der Waals surface area contributed by atoms with Crippen molar-refractivity contribution >= 4 is 28.9 Å². The first-order chi connectivity index (χ1) is 11.5. The Morgan fingerprint density at radius 1 is 1.29 bits per heavy atom. The second kappa shape index (κ2) is 7.55. The van der Waals surface area contributed by atoms with E-state index in [1.54, 1.807) is 13.0 Å². The highest BCUT2D eigenvalue weighted by Gasteiger charge is 2.33. The van der Waals surface area contributed by atoms with E-state index in [0.717, 1.165) is 4.90 Å². The topological polar surface area (TPSA) is 46.2 Å². The molecule has 1 atom stereocenters. The molecule has 0 saturated carbocycles. The van der Waals surface area contributed by atoms with Crippen LogP contribution < -0.4 is 15.2 Å². The van der Waals surface area contributed by atoms with E-state index in [9.17, 15) is 8.78 Å². The van der Waals surface area contributed by atoms with E-state index in [1.165, 1.54) is 11.1 Å². The van der Waals surface area contributed by atoms with Crippen molar-refractivity contribution in [3.8, 4) is 5.75 Å². The molecule has 3 rings (SSSR count).